The molecule has 1 aromatic rings. The van der Waals surface area contributed by atoms with Gasteiger partial charge in [0.25, 0.3) is 0 Å². The maximum absolute atomic E-state index is 5.29. The van der Waals surface area contributed by atoms with Crippen LogP contribution in [0.2, 0.25) is 0 Å². The first-order valence-electron chi connectivity index (χ1n) is 7.35. The highest BCUT2D eigenvalue weighted by Crippen LogP contribution is 2.16. The predicted octanol–water partition coefficient (Wildman–Crippen LogP) is 2.71. The second-order valence-corrected chi connectivity index (χ2v) is 4.83. The van der Waals surface area contributed by atoms with Gasteiger partial charge in [-0.2, -0.15) is 0 Å². The summed E-state index contributed by atoms with van der Waals surface area (Å²) in [5, 5.41) is 6.54. The van der Waals surface area contributed by atoms with Gasteiger partial charge >= 0.3 is 0 Å². The second-order valence-electron chi connectivity index (χ2n) is 4.83. The Morgan fingerprint density at radius 1 is 1.18 bits per heavy atom. The Balaban J connectivity index is 0.00000441. The van der Waals surface area contributed by atoms with E-state index in [-0.39, 0.29) is 24.0 Å². The van der Waals surface area contributed by atoms with Crippen molar-refractivity contribution in [1.82, 2.24) is 10.6 Å². The third-order valence-corrected chi connectivity index (χ3v) is 2.93. The van der Waals surface area contributed by atoms with E-state index >= 15 is 0 Å². The molecule has 0 atom stereocenters. The largest absolute Gasteiger partial charge is 0.497 e. The molecule has 2 N–H and O–H groups in total. The highest BCUT2D eigenvalue weighted by molar-refractivity contribution is 14.0. The first-order chi connectivity index (χ1) is 10.2. The van der Waals surface area contributed by atoms with Gasteiger partial charge in [-0.25, -0.2) is 4.99 Å². The number of ether oxygens (including phenoxy) is 2. The normalized spacial score (nSPS) is 10.8. The van der Waals surface area contributed by atoms with Gasteiger partial charge in [0.05, 0.1) is 13.7 Å². The number of methoxy groups -OCH3 is 2. The van der Waals surface area contributed by atoms with Crippen LogP contribution in [0.4, 0.5) is 0 Å². The van der Waals surface area contributed by atoms with Crippen LogP contribution in [0, 0.1) is 6.92 Å². The summed E-state index contributed by atoms with van der Waals surface area (Å²) in [7, 11) is 3.40. The minimum absolute atomic E-state index is 0. The van der Waals surface area contributed by atoms with Gasteiger partial charge in [-0.3, -0.25) is 0 Å². The Bertz CT molecular complexity index is 453. The van der Waals surface area contributed by atoms with Crippen molar-refractivity contribution in [2.45, 2.75) is 26.8 Å². The van der Waals surface area contributed by atoms with Crippen LogP contribution >= 0.6 is 24.0 Å². The first-order valence-corrected chi connectivity index (χ1v) is 7.35. The molecular weight excluding hydrogens is 393 g/mol. The monoisotopic (exact) mass is 421 g/mol. The van der Waals surface area contributed by atoms with Crippen molar-refractivity contribution >= 4 is 29.9 Å². The minimum atomic E-state index is 0. The molecule has 0 aliphatic carbocycles. The molecule has 1 aromatic carbocycles. The number of nitrogens with zero attached hydrogens (tertiary/aromatic N) is 1. The fourth-order valence-electron chi connectivity index (χ4n) is 1.97. The van der Waals surface area contributed by atoms with Crippen LogP contribution in [-0.2, 0) is 11.3 Å². The number of aliphatic imine (C=N–C) groups is 1. The van der Waals surface area contributed by atoms with E-state index in [1.807, 2.05) is 12.1 Å². The molecule has 0 aliphatic rings. The SMILES string of the molecule is CCNC(=NCc1cc(C)cc(OC)c1)NCCCOC.I. The first kappa shape index (κ1) is 21.0. The zero-order valence-corrected chi connectivity index (χ0v) is 16.3. The smallest absolute Gasteiger partial charge is 0.191 e. The van der Waals surface area contributed by atoms with Gasteiger partial charge in [-0.1, -0.05) is 6.07 Å². The van der Waals surface area contributed by atoms with Crippen molar-refractivity contribution < 1.29 is 9.47 Å². The molecule has 0 bridgehead atoms. The Labute approximate surface area is 150 Å². The Morgan fingerprint density at radius 3 is 2.59 bits per heavy atom. The standard InChI is InChI=1S/C16H27N3O2.HI/c1-5-17-16(18-7-6-8-20-3)19-12-14-9-13(2)10-15(11-14)21-4;/h9-11H,5-8,12H2,1-4H3,(H2,17,18,19);1H. The summed E-state index contributed by atoms with van der Waals surface area (Å²) in [6.07, 6.45) is 0.958. The maximum Gasteiger partial charge on any atom is 0.191 e. The second kappa shape index (κ2) is 12.5. The summed E-state index contributed by atoms with van der Waals surface area (Å²) in [4.78, 5) is 4.60. The van der Waals surface area contributed by atoms with Crippen LogP contribution < -0.4 is 15.4 Å². The van der Waals surface area contributed by atoms with Gasteiger partial charge in [0.15, 0.2) is 5.96 Å². The number of nitrogens with one attached hydrogen (secondary N) is 2. The van der Waals surface area contributed by atoms with Gasteiger partial charge in [0, 0.05) is 26.8 Å². The summed E-state index contributed by atoms with van der Waals surface area (Å²) in [6.45, 7) is 7.18. The van der Waals surface area contributed by atoms with Gasteiger partial charge < -0.3 is 20.1 Å². The lowest BCUT2D eigenvalue weighted by Crippen LogP contribution is -2.38. The number of aryl methyl sites for hydroxylation is 1. The minimum Gasteiger partial charge on any atom is -0.497 e. The Hall–Kier alpha value is -1.02. The predicted molar refractivity (Wildman–Crippen MR) is 102 cm³/mol. The molecular formula is C16H28IN3O2. The molecule has 0 fully saturated rings. The van der Waals surface area contributed by atoms with Crippen LogP contribution in [0.3, 0.4) is 0 Å². The van der Waals surface area contributed by atoms with Crippen molar-refractivity contribution in [2.75, 3.05) is 33.9 Å². The number of guanidine groups is 1. The van der Waals surface area contributed by atoms with E-state index in [9.17, 15) is 0 Å². The molecule has 126 valence electrons. The average Bonchev–Trinajstić information content (AvgIpc) is 2.48. The van der Waals surface area contributed by atoms with E-state index in [2.05, 4.69) is 35.5 Å². The molecule has 6 heteroatoms. The van der Waals surface area contributed by atoms with Crippen molar-refractivity contribution in [1.29, 1.82) is 0 Å². The number of rotatable bonds is 8. The molecule has 0 radical (unpaired) electrons. The van der Waals surface area contributed by atoms with Crippen LogP contribution in [0.1, 0.15) is 24.5 Å². The van der Waals surface area contributed by atoms with Crippen LogP contribution in [0.5, 0.6) is 5.75 Å². The van der Waals surface area contributed by atoms with Crippen molar-refractivity contribution in [3.05, 3.63) is 29.3 Å². The molecule has 0 aliphatic heterocycles. The van der Waals surface area contributed by atoms with Crippen molar-refractivity contribution in [2.24, 2.45) is 4.99 Å². The summed E-state index contributed by atoms with van der Waals surface area (Å²) in [6, 6.07) is 6.16. The molecule has 0 saturated carbocycles. The summed E-state index contributed by atoms with van der Waals surface area (Å²) in [5.41, 5.74) is 2.32. The Morgan fingerprint density at radius 2 is 1.95 bits per heavy atom. The fourth-order valence-corrected chi connectivity index (χ4v) is 1.97. The van der Waals surface area contributed by atoms with Gasteiger partial charge in [0.2, 0.25) is 0 Å². The van der Waals surface area contributed by atoms with E-state index in [0.29, 0.717) is 6.54 Å². The molecule has 0 saturated heterocycles. The van der Waals surface area contributed by atoms with E-state index in [0.717, 1.165) is 43.4 Å². The zero-order chi connectivity index (χ0) is 15.5. The lowest BCUT2D eigenvalue weighted by atomic mass is 10.1. The average molecular weight is 421 g/mol. The van der Waals surface area contributed by atoms with E-state index < -0.39 is 0 Å². The summed E-state index contributed by atoms with van der Waals surface area (Å²) in [5.74, 6) is 1.70. The highest BCUT2D eigenvalue weighted by Gasteiger charge is 2.00. The topological polar surface area (TPSA) is 54.9 Å². The molecule has 5 nitrogen and oxygen atoms in total. The third kappa shape index (κ3) is 8.43. The Kier molecular flexibility index (Phi) is 11.9. The molecule has 0 spiro atoms. The number of benzene rings is 1. The van der Waals surface area contributed by atoms with Crippen molar-refractivity contribution in [3.63, 3.8) is 0 Å². The van der Waals surface area contributed by atoms with Gasteiger partial charge in [-0.05, 0) is 43.5 Å². The molecule has 0 amide bonds. The molecule has 0 heterocycles. The maximum atomic E-state index is 5.29. The quantitative estimate of drug-likeness (QED) is 0.293. The van der Waals surface area contributed by atoms with E-state index in [1.165, 1.54) is 5.56 Å². The molecule has 0 aromatic heterocycles. The van der Waals surface area contributed by atoms with Crippen LogP contribution in [0.15, 0.2) is 23.2 Å². The summed E-state index contributed by atoms with van der Waals surface area (Å²) < 4.78 is 10.3. The summed E-state index contributed by atoms with van der Waals surface area (Å²) >= 11 is 0. The number of hydrogen-bond donors (Lipinski definition) is 2. The van der Waals surface area contributed by atoms with Crippen LogP contribution in [-0.4, -0.2) is 39.9 Å². The molecule has 1 rings (SSSR count). The van der Waals surface area contributed by atoms with Gasteiger partial charge in [0.1, 0.15) is 5.75 Å². The number of hydrogen-bond acceptors (Lipinski definition) is 3. The van der Waals surface area contributed by atoms with E-state index in [4.69, 9.17) is 9.47 Å². The lowest BCUT2D eigenvalue weighted by Gasteiger charge is -2.11. The molecule has 0 unspecified atom stereocenters. The highest BCUT2D eigenvalue weighted by atomic mass is 127. The van der Waals surface area contributed by atoms with Crippen LogP contribution in [0.25, 0.3) is 0 Å². The third-order valence-electron chi connectivity index (χ3n) is 2.93. The molecule has 22 heavy (non-hydrogen) atoms. The van der Waals surface area contributed by atoms with Crippen molar-refractivity contribution in [3.8, 4) is 5.75 Å². The number of halogens is 1. The van der Waals surface area contributed by atoms with E-state index in [1.54, 1.807) is 14.2 Å². The lowest BCUT2D eigenvalue weighted by molar-refractivity contribution is 0.195. The zero-order valence-electron chi connectivity index (χ0n) is 13.9. The van der Waals surface area contributed by atoms with Gasteiger partial charge in [-0.15, -0.1) is 24.0 Å². The fraction of sp³-hybridized carbons (Fsp3) is 0.562.